The van der Waals surface area contributed by atoms with E-state index in [1.54, 1.807) is 0 Å². The van der Waals surface area contributed by atoms with Crippen LogP contribution in [0.15, 0.2) is 30.0 Å². The van der Waals surface area contributed by atoms with Gasteiger partial charge in [-0.2, -0.15) is 13.2 Å². The summed E-state index contributed by atoms with van der Waals surface area (Å²) in [5, 5.41) is 2.82. The van der Waals surface area contributed by atoms with Gasteiger partial charge in [0, 0.05) is 43.1 Å². The lowest BCUT2D eigenvalue weighted by atomic mass is 9.78. The molecule has 0 aromatic heterocycles. The fourth-order valence-corrected chi connectivity index (χ4v) is 3.25. The van der Waals surface area contributed by atoms with E-state index in [4.69, 9.17) is 11.6 Å². The van der Waals surface area contributed by atoms with Gasteiger partial charge in [-0.15, -0.1) is 0 Å². The van der Waals surface area contributed by atoms with Crippen molar-refractivity contribution in [3.63, 3.8) is 0 Å². The zero-order valence-corrected chi connectivity index (χ0v) is 15.2. The van der Waals surface area contributed by atoms with Crippen LogP contribution < -0.4 is 5.32 Å². The molecule has 1 aliphatic carbocycles. The predicted molar refractivity (Wildman–Crippen MR) is 93.1 cm³/mol. The molecule has 0 aliphatic heterocycles. The third-order valence-corrected chi connectivity index (χ3v) is 4.51. The van der Waals surface area contributed by atoms with Crippen LogP contribution in [0.4, 0.5) is 13.2 Å². The molecule has 0 amide bonds. The molecule has 1 N–H and O–H groups in total. The van der Waals surface area contributed by atoms with Gasteiger partial charge in [0.2, 0.25) is 0 Å². The Balaban J connectivity index is 2.22. The normalized spacial score (nSPS) is 18.4. The van der Waals surface area contributed by atoms with Crippen molar-refractivity contribution in [3.05, 3.63) is 46.1 Å². The zero-order valence-electron chi connectivity index (χ0n) is 14.5. The van der Waals surface area contributed by atoms with E-state index in [0.717, 1.165) is 6.07 Å². The number of carbonyl (C=O) groups excluding carboxylic acids is 2. The molecule has 0 atom stereocenters. The third-order valence-electron chi connectivity index (χ3n) is 4.18. The van der Waals surface area contributed by atoms with Crippen LogP contribution in [0.1, 0.15) is 29.9 Å². The minimum absolute atomic E-state index is 0.000573. The molecule has 0 saturated heterocycles. The van der Waals surface area contributed by atoms with Crippen LogP contribution in [0, 0.1) is 0 Å². The maximum absolute atomic E-state index is 13.3. The van der Waals surface area contributed by atoms with E-state index in [0.29, 0.717) is 13.1 Å². The summed E-state index contributed by atoms with van der Waals surface area (Å²) in [7, 11) is 3.77. The first-order chi connectivity index (χ1) is 12.1. The fourth-order valence-electron chi connectivity index (χ4n) is 2.92. The van der Waals surface area contributed by atoms with E-state index in [1.165, 1.54) is 18.3 Å². The summed E-state index contributed by atoms with van der Waals surface area (Å²) in [5.41, 5.74) is -1.07. The lowest BCUT2D eigenvalue weighted by molar-refractivity contribution is -0.139. The summed E-state index contributed by atoms with van der Waals surface area (Å²) in [6.45, 7) is 1.26. The van der Waals surface area contributed by atoms with Crippen molar-refractivity contribution in [3.8, 4) is 0 Å². The van der Waals surface area contributed by atoms with Crippen molar-refractivity contribution in [2.24, 2.45) is 0 Å². The van der Waals surface area contributed by atoms with Gasteiger partial charge >= 0.3 is 6.18 Å². The highest BCUT2D eigenvalue weighted by atomic mass is 35.5. The Kier molecular flexibility index (Phi) is 6.47. The highest BCUT2D eigenvalue weighted by molar-refractivity contribution is 6.31. The number of alkyl halides is 3. The molecule has 1 saturated carbocycles. The van der Waals surface area contributed by atoms with Gasteiger partial charge in [-0.05, 0) is 31.8 Å². The van der Waals surface area contributed by atoms with Crippen molar-refractivity contribution in [2.45, 2.75) is 24.9 Å². The number of nitrogens with zero attached hydrogens (tertiary/aromatic N) is 1. The second-order valence-corrected chi connectivity index (χ2v) is 6.87. The average molecular weight is 389 g/mol. The quantitative estimate of drug-likeness (QED) is 0.477. The van der Waals surface area contributed by atoms with Crippen molar-refractivity contribution in [1.82, 2.24) is 10.2 Å². The number of allylic oxidation sites excluding steroid dienone is 1. The Morgan fingerprint density at radius 1 is 1.23 bits per heavy atom. The molecule has 0 heterocycles. The molecule has 0 radical (unpaired) electrons. The maximum atomic E-state index is 13.3. The van der Waals surface area contributed by atoms with Crippen LogP contribution in [0.25, 0.3) is 0 Å². The molecule has 1 fully saturated rings. The number of likely N-dealkylation sites (N-methyl/N-ethyl adjacent to an activating group) is 1. The van der Waals surface area contributed by atoms with Gasteiger partial charge in [-0.25, -0.2) is 0 Å². The molecule has 2 rings (SSSR count). The Labute approximate surface area is 155 Å². The SMILES string of the molecule is CN(C)CCNC=C1C(=O)CC(c2c(Cl)cccc2C(F)(F)F)CC1=O. The lowest BCUT2D eigenvalue weighted by Gasteiger charge is -2.26. The number of carbonyl (C=O) groups is 2. The first-order valence-corrected chi connectivity index (χ1v) is 8.49. The van der Waals surface area contributed by atoms with Gasteiger partial charge in [0.15, 0.2) is 11.6 Å². The van der Waals surface area contributed by atoms with E-state index in [2.05, 4.69) is 5.32 Å². The molecule has 142 valence electrons. The van der Waals surface area contributed by atoms with Crippen molar-refractivity contribution >= 4 is 23.2 Å². The second-order valence-electron chi connectivity index (χ2n) is 6.47. The molecule has 26 heavy (non-hydrogen) atoms. The number of hydrogen-bond donors (Lipinski definition) is 1. The Morgan fingerprint density at radius 3 is 2.38 bits per heavy atom. The van der Waals surface area contributed by atoms with E-state index < -0.39 is 29.2 Å². The van der Waals surface area contributed by atoms with E-state index in [-0.39, 0.29) is 29.0 Å². The van der Waals surface area contributed by atoms with Gasteiger partial charge in [0.05, 0.1) is 11.1 Å². The average Bonchev–Trinajstić information content (AvgIpc) is 2.51. The number of halogens is 4. The summed E-state index contributed by atoms with van der Waals surface area (Å²) < 4.78 is 39.8. The Bertz CT molecular complexity index is 710. The van der Waals surface area contributed by atoms with Gasteiger partial charge in [-0.3, -0.25) is 9.59 Å². The summed E-state index contributed by atoms with van der Waals surface area (Å²) in [4.78, 5) is 26.6. The molecular weight excluding hydrogens is 369 g/mol. The summed E-state index contributed by atoms with van der Waals surface area (Å²) >= 11 is 5.98. The zero-order chi connectivity index (χ0) is 19.5. The number of nitrogens with one attached hydrogen (secondary N) is 1. The first-order valence-electron chi connectivity index (χ1n) is 8.11. The predicted octanol–water partition coefficient (Wildman–Crippen LogP) is 3.41. The molecule has 1 aromatic carbocycles. The van der Waals surface area contributed by atoms with Crippen LogP contribution >= 0.6 is 11.6 Å². The van der Waals surface area contributed by atoms with Gasteiger partial charge in [-0.1, -0.05) is 17.7 Å². The third kappa shape index (κ3) is 4.86. The van der Waals surface area contributed by atoms with Crippen LogP contribution in [-0.4, -0.2) is 43.7 Å². The van der Waals surface area contributed by atoms with Crippen LogP contribution in [0.2, 0.25) is 5.02 Å². The monoisotopic (exact) mass is 388 g/mol. The topological polar surface area (TPSA) is 49.4 Å². The highest BCUT2D eigenvalue weighted by Gasteiger charge is 2.40. The van der Waals surface area contributed by atoms with Gasteiger partial charge in [0.25, 0.3) is 0 Å². The van der Waals surface area contributed by atoms with Gasteiger partial charge in [0.1, 0.15) is 0 Å². The summed E-state index contributed by atoms with van der Waals surface area (Å²) in [5.74, 6) is -1.83. The number of benzene rings is 1. The molecular formula is C18H20ClF3N2O2. The van der Waals surface area contributed by atoms with Gasteiger partial charge < -0.3 is 10.2 Å². The molecule has 4 nitrogen and oxygen atoms in total. The molecule has 8 heteroatoms. The molecule has 1 aliphatic rings. The fraction of sp³-hybridized carbons (Fsp3) is 0.444. The summed E-state index contributed by atoms with van der Waals surface area (Å²) in [6, 6.07) is 3.47. The number of hydrogen-bond acceptors (Lipinski definition) is 4. The van der Waals surface area contributed by atoms with Crippen LogP contribution in [-0.2, 0) is 15.8 Å². The summed E-state index contributed by atoms with van der Waals surface area (Å²) in [6.07, 6.45) is -3.60. The van der Waals surface area contributed by atoms with E-state index >= 15 is 0 Å². The molecule has 0 unspecified atom stereocenters. The molecule has 1 aromatic rings. The minimum atomic E-state index is -4.60. The number of ketones is 2. The Hall–Kier alpha value is -1.86. The Morgan fingerprint density at radius 2 is 1.85 bits per heavy atom. The first kappa shape index (κ1) is 20.5. The van der Waals surface area contributed by atoms with Crippen molar-refractivity contribution in [1.29, 1.82) is 0 Å². The highest BCUT2D eigenvalue weighted by Crippen LogP contribution is 2.43. The number of Topliss-reactive ketones (excluding diaryl/α,β-unsaturated/α-hetero) is 2. The number of rotatable bonds is 5. The van der Waals surface area contributed by atoms with Crippen molar-refractivity contribution < 1.29 is 22.8 Å². The minimum Gasteiger partial charge on any atom is -0.389 e. The molecule has 0 spiro atoms. The van der Waals surface area contributed by atoms with E-state index in [9.17, 15) is 22.8 Å². The van der Waals surface area contributed by atoms with E-state index in [1.807, 2.05) is 19.0 Å². The van der Waals surface area contributed by atoms with Crippen molar-refractivity contribution in [2.75, 3.05) is 27.2 Å². The largest absolute Gasteiger partial charge is 0.416 e. The maximum Gasteiger partial charge on any atom is 0.416 e. The lowest BCUT2D eigenvalue weighted by Crippen LogP contribution is -2.29. The second kappa shape index (κ2) is 8.22. The molecule has 0 bridgehead atoms. The standard InChI is InChI=1S/C18H20ClF3N2O2/c1-24(2)7-6-23-10-12-15(25)8-11(9-16(12)26)17-13(18(20,21)22)4-3-5-14(17)19/h3-5,10-11,23H,6-9H2,1-2H3. The smallest absolute Gasteiger partial charge is 0.389 e. The van der Waals surface area contributed by atoms with Crippen LogP contribution in [0.5, 0.6) is 0 Å². The van der Waals surface area contributed by atoms with Crippen LogP contribution in [0.3, 0.4) is 0 Å².